The molecule has 0 saturated carbocycles. The maximum absolute atomic E-state index is 10.2. The van der Waals surface area contributed by atoms with E-state index in [0.29, 0.717) is 0 Å². The Labute approximate surface area is 59.3 Å². The molecule has 0 fully saturated rings. The third-order valence-corrected chi connectivity index (χ3v) is 1.15. The molecule has 2 N–H and O–H groups in total. The summed E-state index contributed by atoms with van der Waals surface area (Å²) in [6, 6.07) is 0. The van der Waals surface area contributed by atoms with Crippen LogP contribution in [0.5, 0.6) is 0 Å². The molecule has 0 aliphatic carbocycles. The van der Waals surface area contributed by atoms with E-state index in [9.17, 15) is 4.79 Å². The molecule has 0 aliphatic rings. The molecule has 0 aromatic heterocycles. The second-order valence-electron chi connectivity index (χ2n) is 1.90. The summed E-state index contributed by atoms with van der Waals surface area (Å²) >= 11 is 0. The average Bonchev–Trinajstić information content (AvgIpc) is 1.84. The summed E-state index contributed by atoms with van der Waals surface area (Å²) in [6.07, 6.45) is 0. The van der Waals surface area contributed by atoms with E-state index in [1.165, 1.54) is 18.9 Å². The van der Waals surface area contributed by atoms with E-state index in [2.05, 4.69) is 6.58 Å². The lowest BCUT2D eigenvalue weighted by Gasteiger charge is -2.15. The Morgan fingerprint density at radius 3 is 2.20 bits per heavy atom. The van der Waals surface area contributed by atoms with Gasteiger partial charge in [0.25, 0.3) is 0 Å². The summed E-state index contributed by atoms with van der Waals surface area (Å²) < 4.78 is 0. The van der Waals surface area contributed by atoms with Gasteiger partial charge in [0, 0.05) is 7.05 Å². The SMILES string of the molecule is C=C(C(=O)O)N(C)C(C)=N. The number of nitrogens with zero attached hydrogens (tertiary/aromatic N) is 1. The molecule has 0 aromatic rings. The first-order valence-electron chi connectivity index (χ1n) is 2.68. The molecule has 4 nitrogen and oxygen atoms in total. The molecular weight excluding hydrogens is 132 g/mol. The maximum Gasteiger partial charge on any atom is 0.351 e. The first-order chi connectivity index (χ1) is 4.46. The summed E-state index contributed by atoms with van der Waals surface area (Å²) in [4.78, 5) is 11.4. The second-order valence-corrected chi connectivity index (χ2v) is 1.90. The number of rotatable bonds is 2. The van der Waals surface area contributed by atoms with E-state index in [1.807, 2.05) is 0 Å². The van der Waals surface area contributed by atoms with Crippen molar-refractivity contribution >= 4 is 11.8 Å². The van der Waals surface area contributed by atoms with Crippen molar-refractivity contribution in [3.8, 4) is 0 Å². The maximum atomic E-state index is 10.2. The topological polar surface area (TPSA) is 64.4 Å². The molecule has 0 atom stereocenters. The van der Waals surface area contributed by atoms with Crippen LogP contribution < -0.4 is 0 Å². The summed E-state index contributed by atoms with van der Waals surface area (Å²) in [7, 11) is 1.48. The minimum Gasteiger partial charge on any atom is -0.477 e. The summed E-state index contributed by atoms with van der Waals surface area (Å²) in [5.74, 6) is -0.943. The van der Waals surface area contributed by atoms with Crippen LogP contribution in [0.2, 0.25) is 0 Å². The van der Waals surface area contributed by atoms with Crippen molar-refractivity contribution < 1.29 is 9.90 Å². The van der Waals surface area contributed by atoms with Crippen LogP contribution in [-0.2, 0) is 4.79 Å². The van der Waals surface area contributed by atoms with Crippen LogP contribution in [0.25, 0.3) is 0 Å². The van der Waals surface area contributed by atoms with E-state index in [4.69, 9.17) is 10.5 Å². The molecule has 0 spiro atoms. The van der Waals surface area contributed by atoms with E-state index < -0.39 is 5.97 Å². The Hall–Kier alpha value is -1.32. The molecule has 56 valence electrons. The van der Waals surface area contributed by atoms with Gasteiger partial charge in [-0.05, 0) is 6.92 Å². The average molecular weight is 142 g/mol. The van der Waals surface area contributed by atoms with Gasteiger partial charge < -0.3 is 10.0 Å². The zero-order chi connectivity index (χ0) is 8.31. The minimum atomic E-state index is -1.10. The van der Waals surface area contributed by atoms with Crippen molar-refractivity contribution in [2.45, 2.75) is 6.92 Å². The molecule has 0 unspecified atom stereocenters. The lowest BCUT2D eigenvalue weighted by molar-refractivity contribution is -0.133. The van der Waals surface area contributed by atoms with E-state index in [0.717, 1.165) is 0 Å². The molecule has 4 heteroatoms. The van der Waals surface area contributed by atoms with Crippen LogP contribution in [0.3, 0.4) is 0 Å². The molecule has 0 rings (SSSR count). The lowest BCUT2D eigenvalue weighted by Crippen LogP contribution is -2.26. The summed E-state index contributed by atoms with van der Waals surface area (Å²) in [5, 5.41) is 15.4. The number of amidine groups is 1. The van der Waals surface area contributed by atoms with Crippen molar-refractivity contribution in [2.24, 2.45) is 0 Å². The highest BCUT2D eigenvalue weighted by molar-refractivity contribution is 5.91. The number of likely N-dealkylation sites (N-methyl/N-ethyl adjacent to an activating group) is 1. The summed E-state index contributed by atoms with van der Waals surface area (Å²) in [6.45, 7) is 4.76. The van der Waals surface area contributed by atoms with E-state index in [1.54, 1.807) is 0 Å². The van der Waals surface area contributed by atoms with Gasteiger partial charge in [0.15, 0.2) is 0 Å². The Balaban J connectivity index is 4.22. The normalized spacial score (nSPS) is 8.60. The van der Waals surface area contributed by atoms with Crippen molar-refractivity contribution in [1.29, 1.82) is 5.41 Å². The second kappa shape index (κ2) is 3.00. The van der Waals surface area contributed by atoms with Gasteiger partial charge in [-0.1, -0.05) is 6.58 Å². The van der Waals surface area contributed by atoms with Gasteiger partial charge in [0.05, 0.1) is 5.84 Å². The number of carboxylic acid groups (broad SMARTS) is 1. The molecule has 10 heavy (non-hydrogen) atoms. The standard InChI is InChI=1S/C6H10N2O2/c1-4(6(9)10)8(3)5(2)7/h7H,1H2,2-3H3,(H,9,10). The van der Waals surface area contributed by atoms with Gasteiger partial charge in [-0.3, -0.25) is 5.41 Å². The Morgan fingerprint density at radius 1 is 1.70 bits per heavy atom. The van der Waals surface area contributed by atoms with Crippen molar-refractivity contribution in [3.63, 3.8) is 0 Å². The van der Waals surface area contributed by atoms with Crippen molar-refractivity contribution in [3.05, 3.63) is 12.3 Å². The van der Waals surface area contributed by atoms with Gasteiger partial charge in [0.1, 0.15) is 5.70 Å². The largest absolute Gasteiger partial charge is 0.477 e. The van der Waals surface area contributed by atoms with E-state index in [-0.39, 0.29) is 11.5 Å². The highest BCUT2D eigenvalue weighted by atomic mass is 16.4. The highest BCUT2D eigenvalue weighted by Crippen LogP contribution is 1.97. The Bertz CT molecular complexity index is 186. The van der Waals surface area contributed by atoms with Crippen LogP contribution in [0.4, 0.5) is 0 Å². The smallest absolute Gasteiger partial charge is 0.351 e. The molecule has 0 amide bonds. The van der Waals surface area contributed by atoms with Crippen LogP contribution in [0.1, 0.15) is 6.92 Å². The monoisotopic (exact) mass is 142 g/mol. The first kappa shape index (κ1) is 8.68. The van der Waals surface area contributed by atoms with Gasteiger partial charge >= 0.3 is 5.97 Å². The van der Waals surface area contributed by atoms with Gasteiger partial charge in [-0.15, -0.1) is 0 Å². The third-order valence-electron chi connectivity index (χ3n) is 1.15. The highest BCUT2D eigenvalue weighted by Gasteiger charge is 2.09. The minimum absolute atomic E-state index is 0.0903. The van der Waals surface area contributed by atoms with Gasteiger partial charge in [0.2, 0.25) is 0 Å². The fraction of sp³-hybridized carbons (Fsp3) is 0.333. The fourth-order valence-electron chi connectivity index (χ4n) is 0.346. The number of hydrogen-bond acceptors (Lipinski definition) is 2. The molecule has 0 aromatic carbocycles. The van der Waals surface area contributed by atoms with Crippen LogP contribution in [-0.4, -0.2) is 28.9 Å². The fourth-order valence-corrected chi connectivity index (χ4v) is 0.346. The molecule has 0 aliphatic heterocycles. The van der Waals surface area contributed by atoms with E-state index >= 15 is 0 Å². The predicted octanol–water partition coefficient (Wildman–Crippen LogP) is 0.514. The van der Waals surface area contributed by atoms with Crippen molar-refractivity contribution in [2.75, 3.05) is 7.05 Å². The Kier molecular flexibility index (Phi) is 2.61. The number of carboxylic acids is 1. The Morgan fingerprint density at radius 2 is 2.10 bits per heavy atom. The zero-order valence-corrected chi connectivity index (χ0v) is 6.01. The molecule has 0 saturated heterocycles. The summed E-state index contributed by atoms with van der Waals surface area (Å²) in [5.41, 5.74) is -0.0903. The molecule has 0 bridgehead atoms. The quantitative estimate of drug-likeness (QED) is 0.335. The van der Waals surface area contributed by atoms with Crippen molar-refractivity contribution in [1.82, 2.24) is 4.90 Å². The molecular formula is C6H10N2O2. The van der Waals surface area contributed by atoms with Crippen LogP contribution in [0, 0.1) is 5.41 Å². The van der Waals surface area contributed by atoms with Crippen LogP contribution >= 0.6 is 0 Å². The molecule has 0 radical (unpaired) electrons. The predicted molar refractivity (Wildman–Crippen MR) is 37.9 cm³/mol. The third kappa shape index (κ3) is 1.89. The van der Waals surface area contributed by atoms with Gasteiger partial charge in [-0.25, -0.2) is 4.79 Å². The van der Waals surface area contributed by atoms with Crippen LogP contribution in [0.15, 0.2) is 12.3 Å². The first-order valence-corrected chi connectivity index (χ1v) is 2.68. The number of carbonyl (C=O) groups is 1. The number of nitrogens with one attached hydrogen (secondary N) is 1. The molecule has 0 heterocycles. The van der Waals surface area contributed by atoms with Gasteiger partial charge in [-0.2, -0.15) is 0 Å². The zero-order valence-electron chi connectivity index (χ0n) is 6.01. The number of hydrogen-bond donors (Lipinski definition) is 2. The lowest BCUT2D eigenvalue weighted by atomic mass is 10.4. The number of aliphatic carboxylic acids is 1.